The average Bonchev–Trinajstić information content (AvgIpc) is 2.26. The van der Waals surface area contributed by atoms with Gasteiger partial charge in [-0.3, -0.25) is 0 Å². The molecular weight excluding hydrogens is 192 g/mol. The lowest BCUT2D eigenvalue weighted by Gasteiger charge is -2.13. The van der Waals surface area contributed by atoms with Gasteiger partial charge in [-0.2, -0.15) is 0 Å². The maximum atomic E-state index is 8.83. The molecule has 1 N–H and O–H groups in total. The van der Waals surface area contributed by atoms with E-state index >= 15 is 0 Å². The quantitative estimate of drug-likeness (QED) is 0.807. The van der Waals surface area contributed by atoms with Crippen LogP contribution in [0.15, 0.2) is 12.1 Å². The highest BCUT2D eigenvalue weighted by Crippen LogP contribution is 2.31. The van der Waals surface area contributed by atoms with Gasteiger partial charge in [0.2, 0.25) is 0 Å². The fourth-order valence-electron chi connectivity index (χ4n) is 1.62. The normalized spacial score (nSPS) is 10.1. The van der Waals surface area contributed by atoms with E-state index in [0.29, 0.717) is 0 Å². The van der Waals surface area contributed by atoms with Crippen molar-refractivity contribution in [3.8, 4) is 11.5 Å². The van der Waals surface area contributed by atoms with E-state index in [-0.39, 0.29) is 6.61 Å². The van der Waals surface area contributed by atoms with Crippen molar-refractivity contribution in [1.29, 1.82) is 0 Å². The van der Waals surface area contributed by atoms with Crippen LogP contribution in [0, 0.1) is 6.92 Å². The Kier molecular flexibility index (Phi) is 4.43. The number of rotatable bonds is 5. The minimum atomic E-state index is 0.181. The maximum Gasteiger partial charge on any atom is 0.126 e. The summed E-state index contributed by atoms with van der Waals surface area (Å²) in [5.74, 6) is 1.67. The molecule has 0 aromatic heterocycles. The van der Waals surface area contributed by atoms with Gasteiger partial charge in [-0.1, -0.05) is 0 Å². The molecule has 0 aliphatic carbocycles. The monoisotopic (exact) mass is 210 g/mol. The first-order valence-electron chi connectivity index (χ1n) is 5.05. The molecule has 0 amide bonds. The molecule has 84 valence electrons. The molecule has 0 aliphatic rings. The first-order valence-corrected chi connectivity index (χ1v) is 5.05. The topological polar surface area (TPSA) is 38.7 Å². The first kappa shape index (κ1) is 11.9. The Bertz CT molecular complexity index is 296. The summed E-state index contributed by atoms with van der Waals surface area (Å²) in [7, 11) is 3.30. The Morgan fingerprint density at radius 2 is 1.67 bits per heavy atom. The zero-order valence-electron chi connectivity index (χ0n) is 9.54. The summed E-state index contributed by atoms with van der Waals surface area (Å²) in [6.45, 7) is 2.18. The van der Waals surface area contributed by atoms with Crippen LogP contribution in [0.4, 0.5) is 0 Å². The molecule has 0 radical (unpaired) electrons. The molecule has 3 nitrogen and oxygen atoms in total. The van der Waals surface area contributed by atoms with E-state index in [0.717, 1.165) is 35.5 Å². The molecule has 0 unspecified atom stereocenters. The van der Waals surface area contributed by atoms with E-state index in [1.54, 1.807) is 14.2 Å². The second kappa shape index (κ2) is 5.61. The predicted octanol–water partition coefficient (Wildman–Crippen LogP) is 1.94. The lowest BCUT2D eigenvalue weighted by molar-refractivity contribution is 0.286. The summed E-state index contributed by atoms with van der Waals surface area (Å²) in [5.41, 5.74) is 2.14. The van der Waals surface area contributed by atoms with Crippen LogP contribution in [0.1, 0.15) is 17.5 Å². The van der Waals surface area contributed by atoms with Crippen LogP contribution >= 0.6 is 0 Å². The van der Waals surface area contributed by atoms with Crippen molar-refractivity contribution in [3.63, 3.8) is 0 Å². The second-order valence-corrected chi connectivity index (χ2v) is 3.48. The van der Waals surface area contributed by atoms with E-state index in [4.69, 9.17) is 14.6 Å². The Morgan fingerprint density at radius 1 is 1.13 bits per heavy atom. The van der Waals surface area contributed by atoms with Crippen molar-refractivity contribution < 1.29 is 14.6 Å². The summed E-state index contributed by atoms with van der Waals surface area (Å²) >= 11 is 0. The number of ether oxygens (including phenoxy) is 2. The lowest BCUT2D eigenvalue weighted by atomic mass is 10.0. The third-order valence-corrected chi connectivity index (χ3v) is 2.34. The fourth-order valence-corrected chi connectivity index (χ4v) is 1.62. The van der Waals surface area contributed by atoms with Crippen LogP contribution in [0.5, 0.6) is 11.5 Å². The van der Waals surface area contributed by atoms with Crippen molar-refractivity contribution in [3.05, 3.63) is 23.3 Å². The molecule has 0 saturated carbocycles. The highest BCUT2D eigenvalue weighted by atomic mass is 16.5. The molecule has 0 bridgehead atoms. The molecule has 0 fully saturated rings. The van der Waals surface area contributed by atoms with Crippen molar-refractivity contribution in [2.45, 2.75) is 19.8 Å². The van der Waals surface area contributed by atoms with Crippen molar-refractivity contribution in [2.75, 3.05) is 20.8 Å². The maximum absolute atomic E-state index is 8.83. The van der Waals surface area contributed by atoms with Gasteiger partial charge in [-0.25, -0.2) is 0 Å². The molecule has 0 spiro atoms. The molecule has 1 aromatic carbocycles. The minimum Gasteiger partial charge on any atom is -0.496 e. The molecule has 0 aliphatic heterocycles. The summed E-state index contributed by atoms with van der Waals surface area (Å²) in [4.78, 5) is 0. The number of aliphatic hydroxyl groups is 1. The molecule has 1 aromatic rings. The summed E-state index contributed by atoms with van der Waals surface area (Å²) in [6.07, 6.45) is 1.49. The van der Waals surface area contributed by atoms with Crippen LogP contribution in [0.2, 0.25) is 0 Å². The number of methoxy groups -OCH3 is 2. The SMILES string of the molecule is COc1cc(C)cc(OC)c1CCCO. The molecule has 15 heavy (non-hydrogen) atoms. The van der Waals surface area contributed by atoms with E-state index in [2.05, 4.69) is 0 Å². The largest absolute Gasteiger partial charge is 0.496 e. The Morgan fingerprint density at radius 3 is 2.07 bits per heavy atom. The number of aliphatic hydroxyl groups excluding tert-OH is 1. The zero-order chi connectivity index (χ0) is 11.3. The Labute approximate surface area is 90.6 Å². The molecule has 3 heteroatoms. The van der Waals surface area contributed by atoms with Crippen molar-refractivity contribution >= 4 is 0 Å². The average molecular weight is 210 g/mol. The lowest BCUT2D eigenvalue weighted by Crippen LogP contribution is -1.99. The number of aryl methyl sites for hydroxylation is 1. The number of benzene rings is 1. The molecule has 0 saturated heterocycles. The first-order chi connectivity index (χ1) is 7.22. The van der Waals surface area contributed by atoms with Gasteiger partial charge >= 0.3 is 0 Å². The summed E-state index contributed by atoms with van der Waals surface area (Å²) < 4.78 is 10.6. The van der Waals surface area contributed by atoms with E-state index in [1.165, 1.54) is 0 Å². The summed E-state index contributed by atoms with van der Waals surface area (Å²) in [5, 5.41) is 8.83. The molecular formula is C12H18O3. The highest BCUT2D eigenvalue weighted by Gasteiger charge is 2.10. The third kappa shape index (κ3) is 2.86. The second-order valence-electron chi connectivity index (χ2n) is 3.48. The standard InChI is InChI=1S/C12H18O3/c1-9-7-11(14-2)10(5-4-6-13)12(8-9)15-3/h7-8,13H,4-6H2,1-3H3. The van der Waals surface area contributed by atoms with Gasteiger partial charge in [-0.05, 0) is 37.5 Å². The molecule has 0 atom stereocenters. The Balaban J connectivity index is 3.06. The van der Waals surface area contributed by atoms with E-state index < -0.39 is 0 Å². The van der Waals surface area contributed by atoms with Crippen LogP contribution in [0.25, 0.3) is 0 Å². The zero-order valence-corrected chi connectivity index (χ0v) is 9.54. The fraction of sp³-hybridized carbons (Fsp3) is 0.500. The van der Waals surface area contributed by atoms with Gasteiger partial charge in [0, 0.05) is 12.2 Å². The summed E-state index contributed by atoms with van der Waals surface area (Å²) in [6, 6.07) is 3.96. The molecule has 1 rings (SSSR count). The Hall–Kier alpha value is -1.22. The van der Waals surface area contributed by atoms with Crippen LogP contribution in [-0.4, -0.2) is 25.9 Å². The number of hydrogen-bond donors (Lipinski definition) is 1. The van der Waals surface area contributed by atoms with Gasteiger partial charge in [0.25, 0.3) is 0 Å². The van der Waals surface area contributed by atoms with E-state index in [9.17, 15) is 0 Å². The van der Waals surface area contributed by atoms with Gasteiger partial charge in [0.15, 0.2) is 0 Å². The highest BCUT2D eigenvalue weighted by molar-refractivity contribution is 5.47. The smallest absolute Gasteiger partial charge is 0.126 e. The van der Waals surface area contributed by atoms with E-state index in [1.807, 2.05) is 19.1 Å². The van der Waals surface area contributed by atoms with Gasteiger partial charge in [-0.15, -0.1) is 0 Å². The van der Waals surface area contributed by atoms with Gasteiger partial charge in [0.05, 0.1) is 14.2 Å². The van der Waals surface area contributed by atoms with Crippen molar-refractivity contribution in [2.24, 2.45) is 0 Å². The minimum absolute atomic E-state index is 0.181. The van der Waals surface area contributed by atoms with Gasteiger partial charge < -0.3 is 14.6 Å². The number of hydrogen-bond acceptors (Lipinski definition) is 3. The third-order valence-electron chi connectivity index (χ3n) is 2.34. The van der Waals surface area contributed by atoms with Gasteiger partial charge in [0.1, 0.15) is 11.5 Å². The predicted molar refractivity (Wildman–Crippen MR) is 59.7 cm³/mol. The molecule has 0 heterocycles. The van der Waals surface area contributed by atoms with Crippen LogP contribution in [-0.2, 0) is 6.42 Å². The van der Waals surface area contributed by atoms with Crippen LogP contribution < -0.4 is 9.47 Å². The van der Waals surface area contributed by atoms with Crippen LogP contribution in [0.3, 0.4) is 0 Å². The van der Waals surface area contributed by atoms with Crippen molar-refractivity contribution in [1.82, 2.24) is 0 Å².